The number of hydrogen-bond donors (Lipinski definition) is 0. The summed E-state index contributed by atoms with van der Waals surface area (Å²) in [5.74, 6) is 0.775. The molecule has 2 rings (SSSR count). The lowest BCUT2D eigenvalue weighted by Gasteiger charge is -2.19. The zero-order valence-electron chi connectivity index (χ0n) is 10.3. The Balaban J connectivity index is 2.13. The maximum absolute atomic E-state index is 5.77. The molecule has 0 bridgehead atoms. The second-order valence-electron chi connectivity index (χ2n) is 4.77. The van der Waals surface area contributed by atoms with E-state index in [4.69, 9.17) is 11.6 Å². The van der Waals surface area contributed by atoms with Crippen LogP contribution in [0, 0.1) is 6.92 Å². The Labute approximate surface area is 103 Å². The van der Waals surface area contributed by atoms with Crippen LogP contribution in [-0.4, -0.2) is 28.4 Å². The summed E-state index contributed by atoms with van der Waals surface area (Å²) < 4.78 is 2.30. The van der Waals surface area contributed by atoms with Crippen LogP contribution in [0.25, 0.3) is 0 Å². The Morgan fingerprint density at radius 1 is 1.44 bits per heavy atom. The molecule has 0 radical (unpaired) electrons. The quantitative estimate of drug-likeness (QED) is 0.738. The molecule has 2 nitrogen and oxygen atoms in total. The summed E-state index contributed by atoms with van der Waals surface area (Å²) in [5.41, 5.74) is 4.52. The molecule has 2 heterocycles. The fourth-order valence-corrected chi connectivity index (χ4v) is 2.80. The first-order valence-electron chi connectivity index (χ1n) is 6.14. The van der Waals surface area contributed by atoms with Crippen LogP contribution in [0.15, 0.2) is 6.20 Å². The first-order valence-corrected chi connectivity index (χ1v) is 6.68. The van der Waals surface area contributed by atoms with Gasteiger partial charge < -0.3 is 4.57 Å². The van der Waals surface area contributed by atoms with Crippen molar-refractivity contribution in [2.45, 2.75) is 32.7 Å². The number of aromatic nitrogens is 1. The number of halogens is 1. The maximum Gasteiger partial charge on any atom is 0.0254 e. The minimum atomic E-state index is 0.775. The fraction of sp³-hybridized carbons (Fsp3) is 0.692. The predicted octanol–water partition coefficient (Wildman–Crippen LogP) is 2.71. The Morgan fingerprint density at radius 3 is 3.00 bits per heavy atom. The molecule has 0 N–H and O–H groups in total. The van der Waals surface area contributed by atoms with E-state index in [1.54, 1.807) is 5.56 Å². The molecule has 0 saturated carbocycles. The Kier molecular flexibility index (Phi) is 3.93. The molecular weight excluding hydrogens is 220 g/mol. The second kappa shape index (κ2) is 5.24. The summed E-state index contributed by atoms with van der Waals surface area (Å²) in [5, 5.41) is 0. The second-order valence-corrected chi connectivity index (χ2v) is 5.15. The van der Waals surface area contributed by atoms with Crippen molar-refractivity contribution in [3.63, 3.8) is 0 Å². The van der Waals surface area contributed by atoms with Crippen molar-refractivity contribution >= 4 is 11.6 Å². The molecule has 0 fully saturated rings. The topological polar surface area (TPSA) is 8.17 Å². The van der Waals surface area contributed by atoms with Crippen molar-refractivity contribution < 1.29 is 0 Å². The van der Waals surface area contributed by atoms with E-state index < -0.39 is 0 Å². The van der Waals surface area contributed by atoms with E-state index in [-0.39, 0.29) is 0 Å². The summed E-state index contributed by atoms with van der Waals surface area (Å²) in [7, 11) is 2.17. The van der Waals surface area contributed by atoms with Crippen LogP contribution < -0.4 is 0 Å². The molecule has 3 heteroatoms. The van der Waals surface area contributed by atoms with E-state index in [0.717, 1.165) is 25.4 Å². The van der Waals surface area contributed by atoms with Gasteiger partial charge in [0.25, 0.3) is 0 Å². The van der Waals surface area contributed by atoms with Gasteiger partial charge in [0.1, 0.15) is 0 Å². The molecule has 90 valence electrons. The lowest BCUT2D eigenvalue weighted by atomic mass is 10.1. The molecule has 1 aliphatic heterocycles. The minimum Gasteiger partial charge on any atom is -0.354 e. The Morgan fingerprint density at radius 2 is 2.25 bits per heavy atom. The van der Waals surface area contributed by atoms with Gasteiger partial charge in [0.15, 0.2) is 0 Å². The zero-order chi connectivity index (χ0) is 11.5. The third kappa shape index (κ3) is 2.44. The summed E-state index contributed by atoms with van der Waals surface area (Å²) in [4.78, 5) is 2.54. The molecule has 1 aromatic rings. The molecular formula is C13H21ClN2. The van der Waals surface area contributed by atoms with Crippen molar-refractivity contribution in [2.75, 3.05) is 19.0 Å². The normalized spacial score (nSPS) is 17.2. The van der Waals surface area contributed by atoms with Gasteiger partial charge in [-0.3, -0.25) is 4.90 Å². The molecule has 1 aromatic heterocycles. The maximum atomic E-state index is 5.77. The van der Waals surface area contributed by atoms with Gasteiger partial charge in [-0.15, -0.1) is 11.6 Å². The van der Waals surface area contributed by atoms with E-state index in [2.05, 4.69) is 29.6 Å². The highest BCUT2D eigenvalue weighted by molar-refractivity contribution is 6.17. The van der Waals surface area contributed by atoms with Crippen LogP contribution in [0.3, 0.4) is 0 Å². The van der Waals surface area contributed by atoms with Crippen LogP contribution in [0.2, 0.25) is 0 Å². The number of alkyl halides is 1. The Bertz CT molecular complexity index is 357. The SMILES string of the molecule is Cc1cn(C)c2c1CN(CCCCl)CCC2. The molecule has 16 heavy (non-hydrogen) atoms. The third-order valence-corrected chi connectivity index (χ3v) is 3.78. The van der Waals surface area contributed by atoms with E-state index >= 15 is 0 Å². The standard InChI is InChI=1S/C13H21ClN2/c1-11-9-15(2)13-5-3-7-16(8-4-6-14)10-12(11)13/h9H,3-8,10H2,1-2H3. The molecule has 0 aliphatic carbocycles. The van der Waals surface area contributed by atoms with Crippen LogP contribution >= 0.6 is 11.6 Å². The van der Waals surface area contributed by atoms with Gasteiger partial charge in [-0.2, -0.15) is 0 Å². The van der Waals surface area contributed by atoms with Crippen LogP contribution in [0.4, 0.5) is 0 Å². The van der Waals surface area contributed by atoms with Crippen molar-refractivity contribution in [3.05, 3.63) is 23.0 Å². The third-order valence-electron chi connectivity index (χ3n) is 3.52. The molecule has 0 spiro atoms. The average molecular weight is 241 g/mol. The Hall–Kier alpha value is -0.470. The largest absolute Gasteiger partial charge is 0.354 e. The van der Waals surface area contributed by atoms with Gasteiger partial charge in [0.2, 0.25) is 0 Å². The summed E-state index contributed by atoms with van der Waals surface area (Å²) >= 11 is 5.77. The highest BCUT2D eigenvalue weighted by atomic mass is 35.5. The molecule has 0 amide bonds. The number of nitrogens with zero attached hydrogens (tertiary/aromatic N) is 2. The lowest BCUT2D eigenvalue weighted by Crippen LogP contribution is -2.24. The van der Waals surface area contributed by atoms with E-state index in [0.29, 0.717) is 0 Å². The molecule has 0 aromatic carbocycles. The summed E-state index contributed by atoms with van der Waals surface area (Å²) in [6.45, 7) is 5.69. The highest BCUT2D eigenvalue weighted by Crippen LogP contribution is 2.23. The van der Waals surface area contributed by atoms with Crippen LogP contribution in [0.5, 0.6) is 0 Å². The number of aryl methyl sites for hydroxylation is 2. The van der Waals surface area contributed by atoms with E-state index in [1.807, 2.05) is 0 Å². The van der Waals surface area contributed by atoms with Gasteiger partial charge in [-0.1, -0.05) is 0 Å². The van der Waals surface area contributed by atoms with E-state index in [1.165, 1.54) is 30.6 Å². The van der Waals surface area contributed by atoms with Gasteiger partial charge >= 0.3 is 0 Å². The number of hydrogen-bond acceptors (Lipinski definition) is 1. The smallest absolute Gasteiger partial charge is 0.0254 e. The van der Waals surface area contributed by atoms with Gasteiger partial charge in [-0.05, 0) is 50.4 Å². The lowest BCUT2D eigenvalue weighted by molar-refractivity contribution is 0.270. The predicted molar refractivity (Wildman–Crippen MR) is 69.1 cm³/mol. The van der Waals surface area contributed by atoms with Crippen LogP contribution in [0.1, 0.15) is 29.7 Å². The van der Waals surface area contributed by atoms with Gasteiger partial charge in [0, 0.05) is 31.4 Å². The molecule has 0 atom stereocenters. The first kappa shape index (κ1) is 12.0. The van der Waals surface area contributed by atoms with Crippen molar-refractivity contribution in [1.29, 1.82) is 0 Å². The minimum absolute atomic E-state index is 0.775. The monoisotopic (exact) mass is 240 g/mol. The van der Waals surface area contributed by atoms with Crippen molar-refractivity contribution in [1.82, 2.24) is 9.47 Å². The zero-order valence-corrected chi connectivity index (χ0v) is 11.1. The molecule has 0 saturated heterocycles. The van der Waals surface area contributed by atoms with Crippen molar-refractivity contribution in [2.24, 2.45) is 7.05 Å². The van der Waals surface area contributed by atoms with Gasteiger partial charge in [0.05, 0.1) is 0 Å². The van der Waals surface area contributed by atoms with Gasteiger partial charge in [-0.25, -0.2) is 0 Å². The summed E-state index contributed by atoms with van der Waals surface area (Å²) in [6, 6.07) is 0. The summed E-state index contributed by atoms with van der Waals surface area (Å²) in [6.07, 6.45) is 5.85. The number of rotatable bonds is 3. The first-order chi connectivity index (χ1) is 7.72. The highest BCUT2D eigenvalue weighted by Gasteiger charge is 2.18. The molecule has 1 aliphatic rings. The number of fused-ring (bicyclic) bond motifs is 1. The average Bonchev–Trinajstić information content (AvgIpc) is 2.46. The molecule has 0 unspecified atom stereocenters. The van der Waals surface area contributed by atoms with Crippen LogP contribution in [-0.2, 0) is 20.0 Å². The fourth-order valence-electron chi connectivity index (χ4n) is 2.68. The van der Waals surface area contributed by atoms with Crippen molar-refractivity contribution in [3.8, 4) is 0 Å². The van der Waals surface area contributed by atoms with E-state index in [9.17, 15) is 0 Å².